The molecule has 87 heavy (non-hydrogen) atoms. The molecule has 0 spiro atoms. The molecule has 1 rings (SSSR count). The molecule has 0 saturated carbocycles. The van der Waals surface area contributed by atoms with Crippen LogP contribution in [0.1, 0.15) is 291 Å². The summed E-state index contributed by atoms with van der Waals surface area (Å²) in [7, 11) is -22.6. The Bertz CT molecular complexity index is 2140. The molecule has 27 heteroatoms. The maximum absolute atomic E-state index is 14.0. The van der Waals surface area contributed by atoms with Crippen molar-refractivity contribution in [2.45, 2.75) is 328 Å². The van der Waals surface area contributed by atoms with Gasteiger partial charge < -0.3 is 24.3 Å². The lowest BCUT2D eigenvalue weighted by molar-refractivity contribution is -0.195. The zero-order valence-electron chi connectivity index (χ0n) is 53.5. The Morgan fingerprint density at radius 3 is 1.11 bits per heavy atom. The Morgan fingerprint density at radius 2 is 0.816 bits per heavy atom. The first kappa shape index (κ1) is 83.3. The number of carbonyl (C=O) groups excluding carboxylic acids is 2. The van der Waals surface area contributed by atoms with Crippen LogP contribution in [0.15, 0.2) is 0 Å². The van der Waals surface area contributed by atoms with E-state index in [0.717, 1.165) is 58.3 Å². The summed E-state index contributed by atoms with van der Waals surface area (Å²) in [5.41, 5.74) is -1.01. The van der Waals surface area contributed by atoms with Crippen LogP contribution in [-0.2, 0) is 86.9 Å². The molecule has 1 amide bonds. The van der Waals surface area contributed by atoms with E-state index in [1.807, 2.05) is 0 Å². The maximum atomic E-state index is 14.0. The molecule has 1 saturated heterocycles. The molecule has 6 atom stereocenters. The summed E-state index contributed by atoms with van der Waals surface area (Å²) in [5.74, 6) is -2.32. The summed E-state index contributed by atoms with van der Waals surface area (Å²) in [6, 6.07) is -2.09. The van der Waals surface area contributed by atoms with Crippen LogP contribution in [0.3, 0.4) is 0 Å². The SMILES string of the molecule is CCCCCCCCCCCCCCCCCCCCCCOCC(C)(COCCCCCCCCCCCCCCCCCCCCCC)COC(=O)[C@H]1C[C@H](OS(=O)(=O)O)[C@H](NC(C)=O)[C@H]([C@H](OS(=O)(=O)O)[C@@H](COS(=O)(=O)O)OS(=O)(=O)O)O1. The van der Waals surface area contributed by atoms with Gasteiger partial charge in [0.1, 0.15) is 31.0 Å². The third-order valence-electron chi connectivity index (χ3n) is 15.7. The zero-order valence-corrected chi connectivity index (χ0v) is 56.7. The van der Waals surface area contributed by atoms with Gasteiger partial charge in [-0.1, -0.05) is 265 Å². The van der Waals surface area contributed by atoms with Crippen molar-refractivity contribution in [3.8, 4) is 0 Å². The van der Waals surface area contributed by atoms with Gasteiger partial charge in [-0.15, -0.1) is 0 Å². The fraction of sp³-hybridized carbons (Fsp3) is 0.967. The van der Waals surface area contributed by atoms with Gasteiger partial charge in [0, 0.05) is 32.0 Å². The minimum Gasteiger partial charge on any atom is -0.463 e. The van der Waals surface area contributed by atoms with Gasteiger partial charge in [-0.25, -0.2) is 21.5 Å². The van der Waals surface area contributed by atoms with Crippen molar-refractivity contribution in [2.75, 3.05) is 39.6 Å². The molecular weight excluding hydrogens is 1210 g/mol. The maximum Gasteiger partial charge on any atom is 0.397 e. The van der Waals surface area contributed by atoms with Gasteiger partial charge in [0.05, 0.1) is 25.9 Å². The van der Waals surface area contributed by atoms with Crippen molar-refractivity contribution in [1.29, 1.82) is 0 Å². The highest BCUT2D eigenvalue weighted by Crippen LogP contribution is 2.32. The average Bonchev–Trinajstić information content (AvgIpc) is 0.971. The second kappa shape index (κ2) is 49.9. The van der Waals surface area contributed by atoms with Crippen molar-refractivity contribution >= 4 is 53.5 Å². The molecule has 1 aliphatic rings. The molecule has 0 aromatic carbocycles. The molecule has 1 heterocycles. The third kappa shape index (κ3) is 49.6. The van der Waals surface area contributed by atoms with Crippen LogP contribution < -0.4 is 5.32 Å². The van der Waals surface area contributed by atoms with Gasteiger partial charge >= 0.3 is 47.6 Å². The van der Waals surface area contributed by atoms with E-state index in [1.165, 1.54) is 205 Å². The van der Waals surface area contributed by atoms with E-state index >= 15 is 0 Å². The van der Waals surface area contributed by atoms with E-state index < -0.39 is 115 Å². The van der Waals surface area contributed by atoms with Crippen LogP contribution in [0.25, 0.3) is 0 Å². The van der Waals surface area contributed by atoms with Crippen LogP contribution in [0, 0.1) is 5.41 Å². The monoisotopic (exact) mass is 1330 g/mol. The van der Waals surface area contributed by atoms with E-state index in [2.05, 4.69) is 31.7 Å². The Hall–Kier alpha value is -1.70. The summed E-state index contributed by atoms with van der Waals surface area (Å²) >= 11 is 0. The lowest BCUT2D eigenvalue weighted by Gasteiger charge is -2.44. The Balaban J connectivity index is 2.95. The molecule has 1 fully saturated rings. The zero-order chi connectivity index (χ0) is 64.7. The second-order valence-corrected chi connectivity index (χ2v) is 28.6. The number of amides is 1. The van der Waals surface area contributed by atoms with Gasteiger partial charge in [0.25, 0.3) is 0 Å². The standard InChI is InChI=1S/C60H117NO22S4/c1-5-7-9-11-13-15-17-19-21-23-25-27-29-31-33-35-37-39-41-43-45-76-49-60(4,50-77-46-44-42-40-38-36-34-32-30-28-26-24-22-20-18-16-14-12-10-8-6-2)51-78-59(63)54-47-53(81-85(67,68)69)56(61-52(3)62)58(80-54)57(83-87(73,74)75)55(82-86(70,71)72)48-79-84(64,65)66/h53-58H,5-51H2,1-4H3,(H,61,62)(H,64,65,66)(H,67,68,69)(H,70,71,72)(H,73,74,75)/t53-,54+,55+,56-,57+,58+/m0/s1. The molecule has 1 aliphatic heterocycles. The summed E-state index contributed by atoms with van der Waals surface area (Å²) in [6.45, 7) is 5.89. The van der Waals surface area contributed by atoms with Crippen LogP contribution in [0.4, 0.5) is 0 Å². The van der Waals surface area contributed by atoms with Crippen molar-refractivity contribution in [1.82, 2.24) is 5.32 Å². The summed E-state index contributed by atoms with van der Waals surface area (Å²) in [6.07, 6.45) is 36.9. The fourth-order valence-electron chi connectivity index (χ4n) is 11.0. The lowest BCUT2D eigenvalue weighted by Crippen LogP contribution is -2.65. The fourth-order valence-corrected chi connectivity index (χ4v) is 12.8. The number of rotatable bonds is 61. The van der Waals surface area contributed by atoms with E-state index in [1.54, 1.807) is 6.92 Å². The van der Waals surface area contributed by atoms with Crippen molar-refractivity contribution < 1.29 is 97.2 Å². The number of esters is 1. The van der Waals surface area contributed by atoms with Crippen molar-refractivity contribution in [2.24, 2.45) is 5.41 Å². The minimum absolute atomic E-state index is 0.0542. The summed E-state index contributed by atoms with van der Waals surface area (Å²) in [4.78, 5) is 26.5. The number of hydrogen-bond donors (Lipinski definition) is 5. The predicted molar refractivity (Wildman–Crippen MR) is 334 cm³/mol. The van der Waals surface area contributed by atoms with Crippen molar-refractivity contribution in [3.63, 3.8) is 0 Å². The highest BCUT2D eigenvalue weighted by Gasteiger charge is 2.52. The Labute approximate surface area is 525 Å². The van der Waals surface area contributed by atoms with E-state index in [9.17, 15) is 61.5 Å². The van der Waals surface area contributed by atoms with E-state index in [0.29, 0.717) is 13.2 Å². The van der Waals surface area contributed by atoms with Gasteiger partial charge in [-0.3, -0.25) is 23.0 Å². The number of carbonyl (C=O) groups is 2. The first-order valence-electron chi connectivity index (χ1n) is 33.1. The van der Waals surface area contributed by atoms with Crippen molar-refractivity contribution in [3.05, 3.63) is 0 Å². The molecule has 0 aromatic rings. The molecular formula is C60H117NO22S4. The molecule has 0 radical (unpaired) electrons. The molecule has 518 valence electrons. The molecule has 0 aromatic heterocycles. The number of hydrogen-bond acceptors (Lipinski definition) is 18. The average molecular weight is 1330 g/mol. The Morgan fingerprint density at radius 1 is 0.483 bits per heavy atom. The van der Waals surface area contributed by atoms with Gasteiger partial charge in [0.15, 0.2) is 6.10 Å². The van der Waals surface area contributed by atoms with Crippen LogP contribution in [0.5, 0.6) is 0 Å². The lowest BCUT2D eigenvalue weighted by atomic mass is 9.90. The smallest absolute Gasteiger partial charge is 0.397 e. The van der Waals surface area contributed by atoms with Gasteiger partial charge in [-0.2, -0.15) is 33.7 Å². The minimum atomic E-state index is -5.83. The normalized spacial score (nSPS) is 17.8. The summed E-state index contributed by atoms with van der Waals surface area (Å²) in [5, 5.41) is 2.13. The second-order valence-electron chi connectivity index (χ2n) is 24.3. The van der Waals surface area contributed by atoms with E-state index in [-0.39, 0.29) is 13.2 Å². The Kier molecular flexibility index (Phi) is 47.8. The van der Waals surface area contributed by atoms with Crippen LogP contribution >= 0.6 is 0 Å². The van der Waals surface area contributed by atoms with E-state index in [4.69, 9.17) is 23.1 Å². The highest BCUT2D eigenvalue weighted by molar-refractivity contribution is 7.81. The number of ether oxygens (including phenoxy) is 4. The third-order valence-corrected chi connectivity index (χ3v) is 17.6. The highest BCUT2D eigenvalue weighted by atomic mass is 32.3. The molecule has 23 nitrogen and oxygen atoms in total. The molecule has 0 aliphatic carbocycles. The first-order valence-corrected chi connectivity index (χ1v) is 38.6. The van der Waals surface area contributed by atoms with Crippen LogP contribution in [0.2, 0.25) is 0 Å². The van der Waals surface area contributed by atoms with Gasteiger partial charge in [-0.05, 0) is 12.8 Å². The number of unbranched alkanes of at least 4 members (excludes halogenated alkanes) is 38. The predicted octanol–water partition coefficient (Wildman–Crippen LogP) is 13.3. The topological polar surface area (TPSA) is 337 Å². The van der Waals surface area contributed by atoms with Gasteiger partial charge in [0.2, 0.25) is 5.91 Å². The largest absolute Gasteiger partial charge is 0.463 e. The quantitative estimate of drug-likeness (QED) is 0.0214. The van der Waals surface area contributed by atoms with Crippen LogP contribution in [-0.4, -0.2) is 140 Å². The molecule has 0 bridgehead atoms. The molecule has 5 N–H and O–H groups in total. The number of nitrogens with one attached hydrogen (secondary N) is 1. The summed E-state index contributed by atoms with van der Waals surface area (Å²) < 4.78 is 176. The molecule has 0 unspecified atom stereocenters. The first-order chi connectivity index (χ1) is 41.3.